The molecule has 3 N–H and O–H groups in total. The van der Waals surface area contributed by atoms with E-state index in [1.54, 1.807) is 24.3 Å². The van der Waals surface area contributed by atoms with Gasteiger partial charge in [0.05, 0.1) is 22.9 Å². The van der Waals surface area contributed by atoms with Gasteiger partial charge in [-0.25, -0.2) is 8.42 Å². The summed E-state index contributed by atoms with van der Waals surface area (Å²) in [6, 6.07) is 10.6. The summed E-state index contributed by atoms with van der Waals surface area (Å²) in [7, 11) is -3.79. The van der Waals surface area contributed by atoms with Crippen molar-refractivity contribution in [2.45, 2.75) is 18.2 Å². The van der Waals surface area contributed by atoms with Crippen molar-refractivity contribution in [3.8, 4) is 5.75 Å². The van der Waals surface area contributed by atoms with Gasteiger partial charge in [0.15, 0.2) is 0 Å². The number of rotatable bonds is 7. The number of amides is 1. The average molecular weight is 369 g/mol. The Hall–Kier alpha value is -2.25. The van der Waals surface area contributed by atoms with Crippen LogP contribution in [0.3, 0.4) is 0 Å². The van der Waals surface area contributed by atoms with Crippen molar-refractivity contribution in [3.63, 3.8) is 0 Å². The lowest BCUT2D eigenvalue weighted by molar-refractivity contribution is -0.117. The van der Waals surface area contributed by atoms with Crippen molar-refractivity contribution in [2.75, 3.05) is 11.3 Å². The van der Waals surface area contributed by atoms with E-state index in [1.807, 2.05) is 6.92 Å². The number of ether oxygens (including phenoxy) is 1. The Kier molecular flexibility index (Phi) is 5.69. The lowest BCUT2D eigenvalue weighted by Gasteiger charge is -2.11. The molecule has 0 fully saturated rings. The number of nitrogens with two attached hydrogens (primary N) is 1. The highest BCUT2D eigenvalue weighted by Gasteiger charge is 2.16. The van der Waals surface area contributed by atoms with Gasteiger partial charge in [0.2, 0.25) is 5.91 Å². The molecule has 1 amide bonds. The molecule has 8 heteroatoms. The van der Waals surface area contributed by atoms with Gasteiger partial charge in [-0.15, -0.1) is 0 Å². The van der Waals surface area contributed by atoms with Crippen LogP contribution in [0.15, 0.2) is 47.4 Å². The number of anilines is 1. The fourth-order valence-electron chi connectivity index (χ4n) is 2.03. The molecule has 0 unspecified atom stereocenters. The number of primary amides is 1. The number of hydrogen-bond acceptors (Lipinski definition) is 4. The standard InChI is InChI=1S/C16H17ClN2O4S/c1-2-23-15-8-7-13(10-14(15)17)24(21,22)19-12-5-3-11(4-6-12)9-16(18)20/h3-8,10,19H,2,9H2,1H3,(H2,18,20). The van der Waals surface area contributed by atoms with Crippen LogP contribution in [0.2, 0.25) is 5.02 Å². The predicted molar refractivity (Wildman–Crippen MR) is 92.8 cm³/mol. The average Bonchev–Trinajstić information content (AvgIpc) is 2.50. The Morgan fingerprint density at radius 2 is 1.88 bits per heavy atom. The number of nitrogens with one attached hydrogen (secondary N) is 1. The van der Waals surface area contributed by atoms with Crippen molar-refractivity contribution >= 4 is 33.2 Å². The minimum absolute atomic E-state index is 0.0252. The topological polar surface area (TPSA) is 98.5 Å². The van der Waals surface area contributed by atoms with Crippen LogP contribution in [0.1, 0.15) is 12.5 Å². The van der Waals surface area contributed by atoms with Gasteiger partial charge in [0, 0.05) is 5.69 Å². The Morgan fingerprint density at radius 3 is 2.42 bits per heavy atom. The first kappa shape index (κ1) is 18.1. The maximum atomic E-state index is 12.4. The number of benzene rings is 2. The Morgan fingerprint density at radius 1 is 1.21 bits per heavy atom. The summed E-state index contributed by atoms with van der Waals surface area (Å²) in [4.78, 5) is 10.9. The molecule has 24 heavy (non-hydrogen) atoms. The van der Waals surface area contributed by atoms with E-state index in [-0.39, 0.29) is 16.3 Å². The first-order valence-electron chi connectivity index (χ1n) is 7.14. The molecule has 0 radical (unpaired) electrons. The highest BCUT2D eigenvalue weighted by Crippen LogP contribution is 2.28. The SMILES string of the molecule is CCOc1ccc(S(=O)(=O)Nc2ccc(CC(N)=O)cc2)cc1Cl. The number of hydrogen-bond donors (Lipinski definition) is 2. The maximum Gasteiger partial charge on any atom is 0.261 e. The second kappa shape index (κ2) is 7.55. The molecule has 0 saturated heterocycles. The largest absolute Gasteiger partial charge is 0.492 e. The second-order valence-corrected chi connectivity index (χ2v) is 7.06. The first-order valence-corrected chi connectivity index (χ1v) is 9.00. The predicted octanol–water partition coefficient (Wildman–Crippen LogP) is 2.57. The minimum atomic E-state index is -3.79. The third-order valence-electron chi connectivity index (χ3n) is 3.10. The molecule has 6 nitrogen and oxygen atoms in total. The van der Waals surface area contributed by atoms with Gasteiger partial charge in [-0.3, -0.25) is 9.52 Å². The molecule has 2 aromatic carbocycles. The van der Waals surface area contributed by atoms with Crippen LogP contribution in [0, 0.1) is 0 Å². The van der Waals surface area contributed by atoms with Crippen LogP contribution in [0.5, 0.6) is 5.75 Å². The van der Waals surface area contributed by atoms with Crippen molar-refractivity contribution in [2.24, 2.45) is 5.73 Å². The molecule has 2 aromatic rings. The summed E-state index contributed by atoms with van der Waals surface area (Å²) in [6.07, 6.45) is 0.0987. The van der Waals surface area contributed by atoms with Crippen LogP contribution in [-0.4, -0.2) is 20.9 Å². The van der Waals surface area contributed by atoms with E-state index in [0.717, 1.165) is 0 Å². The molecule has 0 aliphatic heterocycles. The van der Waals surface area contributed by atoms with Crippen LogP contribution in [0.25, 0.3) is 0 Å². The highest BCUT2D eigenvalue weighted by molar-refractivity contribution is 7.92. The molecular formula is C16H17ClN2O4S. The van der Waals surface area contributed by atoms with E-state index >= 15 is 0 Å². The van der Waals surface area contributed by atoms with Crippen molar-refractivity contribution in [1.82, 2.24) is 0 Å². The van der Waals surface area contributed by atoms with Crippen LogP contribution >= 0.6 is 11.6 Å². The van der Waals surface area contributed by atoms with Crippen LogP contribution in [-0.2, 0) is 21.2 Å². The highest BCUT2D eigenvalue weighted by atomic mass is 35.5. The Bertz CT molecular complexity index is 836. The molecule has 0 bridgehead atoms. The molecule has 0 aromatic heterocycles. The summed E-state index contributed by atoms with van der Waals surface area (Å²) >= 11 is 6.03. The van der Waals surface area contributed by atoms with E-state index in [1.165, 1.54) is 18.2 Å². The molecular weight excluding hydrogens is 352 g/mol. The van der Waals surface area contributed by atoms with Gasteiger partial charge in [0.25, 0.3) is 10.0 Å². The van der Waals surface area contributed by atoms with E-state index < -0.39 is 15.9 Å². The van der Waals surface area contributed by atoms with Gasteiger partial charge in [-0.05, 0) is 42.8 Å². The van der Waals surface area contributed by atoms with Crippen molar-refractivity contribution < 1.29 is 17.9 Å². The molecule has 0 heterocycles. The van der Waals surface area contributed by atoms with E-state index in [0.29, 0.717) is 23.6 Å². The summed E-state index contributed by atoms with van der Waals surface area (Å²) < 4.78 is 32.5. The van der Waals surface area contributed by atoms with E-state index in [4.69, 9.17) is 22.1 Å². The smallest absolute Gasteiger partial charge is 0.261 e. The number of sulfonamides is 1. The molecule has 0 aliphatic rings. The summed E-state index contributed by atoms with van der Waals surface area (Å²) in [5, 5.41) is 0.219. The fourth-order valence-corrected chi connectivity index (χ4v) is 3.41. The fraction of sp³-hybridized carbons (Fsp3) is 0.188. The van der Waals surface area contributed by atoms with E-state index in [2.05, 4.69) is 4.72 Å². The minimum Gasteiger partial charge on any atom is -0.492 e. The van der Waals surface area contributed by atoms with Crippen molar-refractivity contribution in [1.29, 1.82) is 0 Å². The van der Waals surface area contributed by atoms with Gasteiger partial charge in [-0.1, -0.05) is 23.7 Å². The third kappa shape index (κ3) is 4.62. The summed E-state index contributed by atoms with van der Waals surface area (Å²) in [5.41, 5.74) is 6.19. The first-order chi connectivity index (χ1) is 11.3. The molecule has 2 rings (SSSR count). The number of carbonyl (C=O) groups excluding carboxylic acids is 1. The zero-order valence-corrected chi connectivity index (χ0v) is 14.5. The van der Waals surface area contributed by atoms with Crippen molar-refractivity contribution in [3.05, 3.63) is 53.1 Å². The van der Waals surface area contributed by atoms with Gasteiger partial charge in [0.1, 0.15) is 5.75 Å². The molecule has 128 valence electrons. The molecule has 0 saturated carbocycles. The lowest BCUT2D eigenvalue weighted by atomic mass is 10.1. The normalized spacial score (nSPS) is 11.1. The summed E-state index contributed by atoms with van der Waals surface area (Å²) in [5.74, 6) is -0.0266. The van der Waals surface area contributed by atoms with Gasteiger partial charge in [-0.2, -0.15) is 0 Å². The maximum absolute atomic E-state index is 12.4. The van der Waals surface area contributed by atoms with Gasteiger partial charge >= 0.3 is 0 Å². The zero-order chi connectivity index (χ0) is 17.7. The quantitative estimate of drug-likeness (QED) is 0.784. The zero-order valence-electron chi connectivity index (χ0n) is 13.0. The molecule has 0 spiro atoms. The van der Waals surface area contributed by atoms with Gasteiger partial charge < -0.3 is 10.5 Å². The van der Waals surface area contributed by atoms with Crippen LogP contribution < -0.4 is 15.2 Å². The number of halogens is 1. The third-order valence-corrected chi connectivity index (χ3v) is 4.77. The molecule has 0 atom stereocenters. The number of carbonyl (C=O) groups is 1. The second-order valence-electron chi connectivity index (χ2n) is 4.97. The van der Waals surface area contributed by atoms with E-state index in [9.17, 15) is 13.2 Å². The monoisotopic (exact) mass is 368 g/mol. The summed E-state index contributed by atoms with van der Waals surface area (Å²) in [6.45, 7) is 2.24. The molecule has 0 aliphatic carbocycles. The van der Waals surface area contributed by atoms with Crippen LogP contribution in [0.4, 0.5) is 5.69 Å². The Labute approximate surface area is 145 Å². The lowest BCUT2D eigenvalue weighted by Crippen LogP contribution is -2.14. The Balaban J connectivity index is 2.19.